The summed E-state index contributed by atoms with van der Waals surface area (Å²) in [4.78, 5) is 1.25. The Morgan fingerprint density at radius 3 is 2.48 bits per heavy atom. The second kappa shape index (κ2) is 6.24. The van der Waals surface area contributed by atoms with E-state index < -0.39 is 0 Å². The smallest absolute Gasteiger partial charge is 0.0857 e. The molecule has 21 heavy (non-hydrogen) atoms. The van der Waals surface area contributed by atoms with Crippen LogP contribution in [-0.4, -0.2) is 16.6 Å². The zero-order valence-corrected chi connectivity index (χ0v) is 14.6. The maximum absolute atomic E-state index is 4.36. The lowest BCUT2D eigenvalue weighted by Crippen LogP contribution is -2.23. The summed E-state index contributed by atoms with van der Waals surface area (Å²) in [6.07, 6.45) is 0.963. The van der Waals surface area contributed by atoms with Crippen molar-refractivity contribution in [3.8, 4) is 0 Å². The average molecular weight is 303 g/mol. The Kier molecular flexibility index (Phi) is 4.79. The highest BCUT2D eigenvalue weighted by Crippen LogP contribution is 2.32. The highest BCUT2D eigenvalue weighted by atomic mass is 32.1. The van der Waals surface area contributed by atoms with Crippen molar-refractivity contribution in [2.75, 3.05) is 7.05 Å². The minimum atomic E-state index is 0.0284. The Morgan fingerprint density at radius 1 is 1.19 bits per heavy atom. The van der Waals surface area contributed by atoms with Gasteiger partial charge in [0, 0.05) is 11.5 Å². The molecular formula is C17H25N3S. The number of benzene rings is 1. The van der Waals surface area contributed by atoms with E-state index in [1.807, 2.05) is 7.05 Å². The summed E-state index contributed by atoms with van der Waals surface area (Å²) in [6.45, 7) is 10.9. The molecular weight excluding hydrogens is 278 g/mol. The van der Waals surface area contributed by atoms with Gasteiger partial charge < -0.3 is 5.32 Å². The van der Waals surface area contributed by atoms with Gasteiger partial charge in [-0.1, -0.05) is 43.5 Å². The second-order valence-electron chi connectivity index (χ2n) is 6.70. The van der Waals surface area contributed by atoms with Crippen molar-refractivity contribution in [2.45, 2.75) is 52.5 Å². The molecule has 114 valence electrons. The number of nitrogens with zero attached hydrogens (tertiary/aromatic N) is 2. The van der Waals surface area contributed by atoms with Gasteiger partial charge in [0.15, 0.2) is 0 Å². The normalized spacial score (nSPS) is 13.4. The largest absolute Gasteiger partial charge is 0.312 e. The van der Waals surface area contributed by atoms with Gasteiger partial charge in [-0.3, -0.25) is 0 Å². The number of nitrogens with one attached hydrogen (secondary N) is 1. The van der Waals surface area contributed by atoms with E-state index >= 15 is 0 Å². The summed E-state index contributed by atoms with van der Waals surface area (Å²) < 4.78 is 4.18. The van der Waals surface area contributed by atoms with Crippen LogP contribution in [0.3, 0.4) is 0 Å². The molecule has 0 aliphatic heterocycles. The van der Waals surface area contributed by atoms with Crippen molar-refractivity contribution in [1.29, 1.82) is 0 Å². The van der Waals surface area contributed by atoms with Gasteiger partial charge in [-0.15, -0.1) is 5.10 Å². The van der Waals surface area contributed by atoms with Crippen LogP contribution in [0.2, 0.25) is 0 Å². The Morgan fingerprint density at radius 2 is 1.90 bits per heavy atom. The fraction of sp³-hybridized carbons (Fsp3) is 0.529. The van der Waals surface area contributed by atoms with Crippen molar-refractivity contribution in [2.24, 2.45) is 0 Å². The summed E-state index contributed by atoms with van der Waals surface area (Å²) in [7, 11) is 2.01. The van der Waals surface area contributed by atoms with E-state index in [0.717, 1.165) is 12.1 Å². The highest BCUT2D eigenvalue weighted by molar-refractivity contribution is 7.05. The highest BCUT2D eigenvalue weighted by Gasteiger charge is 2.26. The lowest BCUT2D eigenvalue weighted by molar-refractivity contribution is 0.530. The lowest BCUT2D eigenvalue weighted by Gasteiger charge is -2.21. The van der Waals surface area contributed by atoms with Crippen LogP contribution in [0.15, 0.2) is 18.2 Å². The lowest BCUT2D eigenvalue weighted by atomic mass is 9.89. The number of rotatable bonds is 4. The van der Waals surface area contributed by atoms with E-state index in [2.05, 4.69) is 67.7 Å². The van der Waals surface area contributed by atoms with Gasteiger partial charge in [0.25, 0.3) is 0 Å². The van der Waals surface area contributed by atoms with E-state index in [-0.39, 0.29) is 11.5 Å². The van der Waals surface area contributed by atoms with Gasteiger partial charge in [0.05, 0.1) is 10.6 Å². The van der Waals surface area contributed by atoms with Crippen molar-refractivity contribution in [1.82, 2.24) is 14.9 Å². The zero-order chi connectivity index (χ0) is 15.6. The fourth-order valence-electron chi connectivity index (χ4n) is 2.44. The summed E-state index contributed by atoms with van der Waals surface area (Å²) in [6, 6.07) is 6.97. The first-order chi connectivity index (χ1) is 9.82. The molecule has 1 heterocycles. The molecule has 1 N–H and O–H groups in total. The molecule has 0 aliphatic rings. The zero-order valence-electron chi connectivity index (χ0n) is 13.8. The van der Waals surface area contributed by atoms with E-state index in [0.29, 0.717) is 0 Å². The molecule has 0 aliphatic carbocycles. The maximum Gasteiger partial charge on any atom is 0.0857 e. The van der Waals surface area contributed by atoms with Crippen LogP contribution in [-0.2, 0) is 11.8 Å². The summed E-state index contributed by atoms with van der Waals surface area (Å²) in [5, 5.41) is 7.79. The first-order valence-corrected chi connectivity index (χ1v) is 8.16. The van der Waals surface area contributed by atoms with Crippen LogP contribution in [0.4, 0.5) is 0 Å². The molecule has 2 aromatic rings. The van der Waals surface area contributed by atoms with Crippen molar-refractivity contribution < 1.29 is 0 Å². The van der Waals surface area contributed by atoms with Crippen LogP contribution < -0.4 is 5.32 Å². The van der Waals surface area contributed by atoms with Crippen LogP contribution >= 0.6 is 11.5 Å². The predicted octanol–water partition coefficient (Wildman–Crippen LogP) is 3.96. The topological polar surface area (TPSA) is 37.8 Å². The first kappa shape index (κ1) is 16.1. The SMILES string of the molecule is CNC(Cc1ccc(C)c(C)c1)c1snnc1C(C)(C)C. The fourth-order valence-corrected chi connectivity index (χ4v) is 3.41. The molecule has 0 spiro atoms. The van der Waals surface area contributed by atoms with E-state index in [9.17, 15) is 0 Å². The van der Waals surface area contributed by atoms with Gasteiger partial charge in [-0.25, -0.2) is 0 Å². The van der Waals surface area contributed by atoms with Gasteiger partial charge >= 0.3 is 0 Å². The number of hydrogen-bond donors (Lipinski definition) is 1. The van der Waals surface area contributed by atoms with Crippen LogP contribution in [0.5, 0.6) is 0 Å². The Balaban J connectivity index is 2.28. The van der Waals surface area contributed by atoms with E-state index in [1.54, 1.807) is 0 Å². The molecule has 1 aromatic carbocycles. The molecule has 0 saturated carbocycles. The second-order valence-corrected chi connectivity index (χ2v) is 7.49. The minimum Gasteiger partial charge on any atom is -0.312 e. The maximum atomic E-state index is 4.36. The third-order valence-corrected chi connectivity index (χ3v) is 4.74. The molecule has 1 atom stereocenters. The van der Waals surface area contributed by atoms with Gasteiger partial charge in [-0.05, 0) is 55.5 Å². The minimum absolute atomic E-state index is 0.0284. The summed E-state index contributed by atoms with van der Waals surface area (Å²) in [5.41, 5.74) is 5.18. The average Bonchev–Trinajstić information content (AvgIpc) is 2.89. The first-order valence-electron chi connectivity index (χ1n) is 7.39. The molecule has 0 radical (unpaired) electrons. The van der Waals surface area contributed by atoms with Crippen molar-refractivity contribution >= 4 is 11.5 Å². The molecule has 2 rings (SSSR count). The van der Waals surface area contributed by atoms with Crippen LogP contribution in [0.1, 0.15) is 54.1 Å². The Hall–Kier alpha value is -1.26. The van der Waals surface area contributed by atoms with Crippen LogP contribution in [0.25, 0.3) is 0 Å². The predicted molar refractivity (Wildman–Crippen MR) is 90.0 cm³/mol. The van der Waals surface area contributed by atoms with Crippen molar-refractivity contribution in [3.63, 3.8) is 0 Å². The molecule has 0 saturated heterocycles. The van der Waals surface area contributed by atoms with Crippen molar-refractivity contribution in [3.05, 3.63) is 45.5 Å². The summed E-state index contributed by atoms with van der Waals surface area (Å²) in [5.74, 6) is 0. The van der Waals surface area contributed by atoms with Gasteiger partial charge in [-0.2, -0.15) is 0 Å². The number of likely N-dealkylation sites (N-methyl/N-ethyl adjacent to an activating group) is 1. The van der Waals surface area contributed by atoms with Gasteiger partial charge in [0.1, 0.15) is 0 Å². The third-order valence-electron chi connectivity index (χ3n) is 3.90. The van der Waals surface area contributed by atoms with E-state index in [1.165, 1.54) is 33.1 Å². The third kappa shape index (κ3) is 3.69. The van der Waals surface area contributed by atoms with E-state index in [4.69, 9.17) is 0 Å². The molecule has 0 bridgehead atoms. The monoisotopic (exact) mass is 303 g/mol. The van der Waals surface area contributed by atoms with Crippen LogP contribution in [0, 0.1) is 13.8 Å². The standard InChI is InChI=1S/C17H25N3S/c1-11-7-8-13(9-12(11)2)10-14(18-6)15-16(17(3,4)5)19-20-21-15/h7-9,14,18H,10H2,1-6H3. The Labute approximate surface area is 132 Å². The number of hydrogen-bond acceptors (Lipinski definition) is 4. The quantitative estimate of drug-likeness (QED) is 0.929. The Bertz CT molecular complexity index is 611. The summed E-state index contributed by atoms with van der Waals surface area (Å²) >= 11 is 1.51. The number of aromatic nitrogens is 2. The molecule has 0 fully saturated rings. The molecule has 3 nitrogen and oxygen atoms in total. The number of aryl methyl sites for hydroxylation is 2. The molecule has 4 heteroatoms. The molecule has 1 unspecified atom stereocenters. The molecule has 0 amide bonds. The molecule has 1 aromatic heterocycles. The van der Waals surface area contributed by atoms with Gasteiger partial charge in [0.2, 0.25) is 0 Å².